The number of pyridine rings is 1. The van der Waals surface area contributed by atoms with Gasteiger partial charge in [0.25, 0.3) is 0 Å². The van der Waals surface area contributed by atoms with Crippen LogP contribution in [0.2, 0.25) is 5.15 Å². The van der Waals surface area contributed by atoms with Crippen molar-refractivity contribution in [3.8, 4) is 0 Å². The van der Waals surface area contributed by atoms with E-state index in [1.54, 1.807) is 0 Å². The maximum Gasteiger partial charge on any atom is 0.335 e. The molecule has 6 nitrogen and oxygen atoms in total. The normalized spacial score (nSPS) is 10.5. The van der Waals surface area contributed by atoms with E-state index in [0.717, 1.165) is 11.5 Å². The van der Waals surface area contributed by atoms with Gasteiger partial charge in [-0.25, -0.2) is 14.8 Å². The first kappa shape index (κ1) is 13.4. The van der Waals surface area contributed by atoms with Gasteiger partial charge in [-0.15, -0.1) is 0 Å². The third kappa shape index (κ3) is 3.23. The van der Waals surface area contributed by atoms with Crippen molar-refractivity contribution >= 4 is 23.4 Å². The lowest BCUT2D eigenvalue weighted by Gasteiger charge is -2.04. The van der Waals surface area contributed by atoms with E-state index in [1.165, 1.54) is 12.1 Å². The summed E-state index contributed by atoms with van der Waals surface area (Å²) < 4.78 is 5.39. The summed E-state index contributed by atoms with van der Waals surface area (Å²) in [4.78, 5) is 19.1. The predicted molar refractivity (Wildman–Crippen MR) is 69.5 cm³/mol. The third-order valence-electron chi connectivity index (χ3n) is 2.53. The van der Waals surface area contributed by atoms with Crippen LogP contribution in [0.15, 0.2) is 16.5 Å². The van der Waals surface area contributed by atoms with Gasteiger partial charge >= 0.3 is 5.97 Å². The number of nitrogens with zero attached hydrogens (tertiary/aromatic N) is 2. The molecule has 0 saturated heterocycles. The Morgan fingerprint density at radius 1 is 1.42 bits per heavy atom. The van der Waals surface area contributed by atoms with Crippen molar-refractivity contribution < 1.29 is 14.3 Å². The number of oxazole rings is 1. The second-order valence-corrected chi connectivity index (χ2v) is 4.36. The Labute approximate surface area is 114 Å². The van der Waals surface area contributed by atoms with Gasteiger partial charge in [0.2, 0.25) is 5.89 Å². The Morgan fingerprint density at radius 3 is 2.74 bits per heavy atom. The quantitative estimate of drug-likeness (QED) is 0.838. The Balaban J connectivity index is 2.13. The van der Waals surface area contributed by atoms with Gasteiger partial charge in [0.05, 0.1) is 17.8 Å². The highest BCUT2D eigenvalue weighted by Gasteiger charge is 2.09. The first-order valence-electron chi connectivity index (χ1n) is 5.53. The minimum Gasteiger partial charge on any atom is -0.478 e. The topological polar surface area (TPSA) is 88.2 Å². The number of carboxylic acid groups (broad SMARTS) is 1. The summed E-state index contributed by atoms with van der Waals surface area (Å²) in [6.45, 7) is 3.98. The molecule has 19 heavy (non-hydrogen) atoms. The average Bonchev–Trinajstić information content (AvgIpc) is 2.65. The molecule has 0 unspecified atom stereocenters. The Kier molecular flexibility index (Phi) is 3.71. The molecule has 2 rings (SSSR count). The number of carboxylic acids is 1. The number of rotatable bonds is 4. The molecule has 0 aliphatic rings. The molecule has 0 atom stereocenters. The fourth-order valence-corrected chi connectivity index (χ4v) is 1.70. The minimum absolute atomic E-state index is 0.0715. The lowest BCUT2D eigenvalue weighted by molar-refractivity contribution is 0.0697. The van der Waals surface area contributed by atoms with Gasteiger partial charge < -0.3 is 14.8 Å². The first-order valence-corrected chi connectivity index (χ1v) is 5.91. The molecule has 0 saturated carbocycles. The van der Waals surface area contributed by atoms with Gasteiger partial charge in [-0.1, -0.05) is 11.6 Å². The number of hydrogen-bond donors (Lipinski definition) is 2. The molecule has 2 aromatic heterocycles. The molecule has 0 aliphatic heterocycles. The fourth-order valence-electron chi connectivity index (χ4n) is 1.49. The van der Waals surface area contributed by atoms with Crippen molar-refractivity contribution in [2.45, 2.75) is 20.4 Å². The molecule has 0 fully saturated rings. The molecule has 0 bridgehead atoms. The van der Waals surface area contributed by atoms with Crippen molar-refractivity contribution in [2.24, 2.45) is 0 Å². The molecule has 0 aliphatic carbocycles. The maximum atomic E-state index is 10.9. The van der Waals surface area contributed by atoms with Gasteiger partial charge in [-0.3, -0.25) is 0 Å². The Morgan fingerprint density at radius 2 is 2.16 bits per heavy atom. The van der Waals surface area contributed by atoms with Crippen LogP contribution in [0.25, 0.3) is 0 Å². The van der Waals surface area contributed by atoms with Gasteiger partial charge in [-0.2, -0.15) is 0 Å². The first-order chi connectivity index (χ1) is 8.95. The van der Waals surface area contributed by atoms with Crippen LogP contribution in [-0.4, -0.2) is 21.0 Å². The molecule has 0 aromatic carbocycles. The van der Waals surface area contributed by atoms with Crippen molar-refractivity contribution in [3.63, 3.8) is 0 Å². The summed E-state index contributed by atoms with van der Waals surface area (Å²) in [6, 6.07) is 2.69. The monoisotopic (exact) mass is 281 g/mol. The van der Waals surface area contributed by atoms with Crippen LogP contribution in [0.3, 0.4) is 0 Å². The molecule has 0 spiro atoms. The zero-order valence-electron chi connectivity index (χ0n) is 10.4. The zero-order valence-corrected chi connectivity index (χ0v) is 11.2. The van der Waals surface area contributed by atoms with Crippen molar-refractivity contribution in [1.82, 2.24) is 9.97 Å². The van der Waals surface area contributed by atoms with E-state index in [4.69, 9.17) is 21.1 Å². The van der Waals surface area contributed by atoms with Crippen LogP contribution in [0.1, 0.15) is 27.7 Å². The average molecular weight is 282 g/mol. The largest absolute Gasteiger partial charge is 0.478 e. The van der Waals surface area contributed by atoms with Gasteiger partial charge in [0.15, 0.2) is 0 Å². The number of aromatic nitrogens is 2. The summed E-state index contributed by atoms with van der Waals surface area (Å²) >= 11 is 5.75. The molecule has 100 valence electrons. The summed E-state index contributed by atoms with van der Waals surface area (Å²) in [5.74, 6) is 0.560. The third-order valence-corrected chi connectivity index (χ3v) is 2.73. The number of nitrogens with one attached hydrogen (secondary N) is 1. The van der Waals surface area contributed by atoms with E-state index >= 15 is 0 Å². The Hall–Kier alpha value is -2.08. The summed E-state index contributed by atoms with van der Waals surface area (Å²) in [5, 5.41) is 11.9. The standard InChI is InChI=1S/C12H12ClN3O3/c1-6-7(2)19-11(15-6)5-14-10-4-8(12(17)18)3-9(13)16-10/h3-4H,5H2,1-2H3,(H,14,16)(H,17,18). The smallest absolute Gasteiger partial charge is 0.335 e. The van der Waals surface area contributed by atoms with Crippen LogP contribution in [0.4, 0.5) is 5.82 Å². The molecular weight excluding hydrogens is 270 g/mol. The predicted octanol–water partition coefficient (Wildman–Crippen LogP) is 2.65. The highest BCUT2D eigenvalue weighted by molar-refractivity contribution is 6.29. The van der Waals surface area contributed by atoms with E-state index < -0.39 is 5.97 Å². The Bertz CT molecular complexity index is 605. The second-order valence-electron chi connectivity index (χ2n) is 3.97. The van der Waals surface area contributed by atoms with Crippen LogP contribution < -0.4 is 5.32 Å². The molecule has 0 radical (unpaired) electrons. The van der Waals surface area contributed by atoms with Crippen LogP contribution >= 0.6 is 11.6 Å². The van der Waals surface area contributed by atoms with Crippen molar-refractivity contribution in [1.29, 1.82) is 0 Å². The number of aromatic carboxylic acids is 1. The molecule has 2 aromatic rings. The van der Waals surface area contributed by atoms with Gasteiger partial charge in [0.1, 0.15) is 16.7 Å². The number of anilines is 1. The fraction of sp³-hybridized carbons (Fsp3) is 0.250. The summed E-state index contributed by atoms with van der Waals surface area (Å²) in [5.41, 5.74) is 0.893. The molecule has 0 amide bonds. The summed E-state index contributed by atoms with van der Waals surface area (Å²) in [7, 11) is 0. The highest BCUT2D eigenvalue weighted by Crippen LogP contribution is 2.16. The van der Waals surface area contributed by atoms with Crippen molar-refractivity contribution in [3.05, 3.63) is 40.2 Å². The van der Waals surface area contributed by atoms with Crippen LogP contribution in [-0.2, 0) is 6.54 Å². The minimum atomic E-state index is -1.06. The van der Waals surface area contributed by atoms with Crippen LogP contribution in [0.5, 0.6) is 0 Å². The zero-order chi connectivity index (χ0) is 14.0. The van der Waals surface area contributed by atoms with E-state index in [1.807, 2.05) is 13.8 Å². The van der Waals surface area contributed by atoms with Gasteiger partial charge in [-0.05, 0) is 26.0 Å². The maximum absolute atomic E-state index is 10.9. The molecule has 2 heterocycles. The highest BCUT2D eigenvalue weighted by atomic mass is 35.5. The number of aryl methyl sites for hydroxylation is 2. The number of halogens is 1. The van der Waals surface area contributed by atoms with E-state index in [9.17, 15) is 4.79 Å². The second kappa shape index (κ2) is 5.27. The lowest BCUT2D eigenvalue weighted by Crippen LogP contribution is -2.04. The van der Waals surface area contributed by atoms with Gasteiger partial charge in [0, 0.05) is 0 Å². The number of hydrogen-bond acceptors (Lipinski definition) is 5. The summed E-state index contributed by atoms with van der Waals surface area (Å²) in [6.07, 6.45) is 0. The van der Waals surface area contributed by atoms with E-state index in [-0.39, 0.29) is 10.7 Å². The van der Waals surface area contributed by atoms with Crippen LogP contribution in [0, 0.1) is 13.8 Å². The lowest BCUT2D eigenvalue weighted by atomic mass is 10.2. The molecule has 7 heteroatoms. The molecule has 2 N–H and O–H groups in total. The SMILES string of the molecule is Cc1nc(CNc2cc(C(=O)O)cc(Cl)n2)oc1C. The molecular formula is C12H12ClN3O3. The van der Waals surface area contributed by atoms with Crippen molar-refractivity contribution in [2.75, 3.05) is 5.32 Å². The van der Waals surface area contributed by atoms with E-state index in [0.29, 0.717) is 18.3 Å². The van der Waals surface area contributed by atoms with E-state index in [2.05, 4.69) is 15.3 Å². The number of carbonyl (C=O) groups is 1.